The Morgan fingerprint density at radius 3 is 2.43 bits per heavy atom. The smallest absolute Gasteiger partial charge is 0.311 e. The fourth-order valence-corrected chi connectivity index (χ4v) is 1.81. The van der Waals surface area contributed by atoms with Crippen LogP contribution in [-0.4, -0.2) is 18.1 Å². The number of ether oxygens (including phenoxy) is 2. The van der Waals surface area contributed by atoms with Gasteiger partial charge >= 0.3 is 5.69 Å². The third-order valence-corrected chi connectivity index (χ3v) is 2.87. The van der Waals surface area contributed by atoms with Crippen molar-refractivity contribution in [3.8, 4) is 11.5 Å². The molecule has 0 aromatic heterocycles. The van der Waals surface area contributed by atoms with Crippen LogP contribution in [0.25, 0.3) is 0 Å². The summed E-state index contributed by atoms with van der Waals surface area (Å²) in [5.41, 5.74) is -0.297. The summed E-state index contributed by atoms with van der Waals surface area (Å²) in [6, 6.07) is 9.92. The van der Waals surface area contributed by atoms with E-state index in [2.05, 4.69) is 0 Å². The molecular weight excluding hydrogens is 301 g/mol. The van der Waals surface area contributed by atoms with Crippen LogP contribution < -0.4 is 9.47 Å². The minimum Gasteiger partial charge on any atom is -0.488 e. The Morgan fingerprint density at radius 2 is 1.76 bits per heavy atom. The van der Waals surface area contributed by atoms with Crippen molar-refractivity contribution < 1.29 is 18.8 Å². The zero-order chi connectivity index (χ0) is 15.2. The van der Waals surface area contributed by atoms with Crippen molar-refractivity contribution in [2.45, 2.75) is 0 Å². The highest BCUT2D eigenvalue weighted by Gasteiger charge is 2.15. The summed E-state index contributed by atoms with van der Waals surface area (Å²) in [4.78, 5) is 10.2. The molecule has 21 heavy (non-hydrogen) atoms. The first-order valence-corrected chi connectivity index (χ1v) is 6.40. The van der Waals surface area contributed by atoms with Crippen molar-refractivity contribution in [3.63, 3.8) is 0 Å². The van der Waals surface area contributed by atoms with E-state index in [1.807, 2.05) is 0 Å². The van der Waals surface area contributed by atoms with Crippen LogP contribution in [0.3, 0.4) is 0 Å². The monoisotopic (exact) mass is 311 g/mol. The van der Waals surface area contributed by atoms with Gasteiger partial charge in [0.15, 0.2) is 5.75 Å². The van der Waals surface area contributed by atoms with Crippen LogP contribution in [0.5, 0.6) is 11.5 Å². The minimum absolute atomic E-state index is 0.0233. The van der Waals surface area contributed by atoms with E-state index < -0.39 is 10.7 Å². The van der Waals surface area contributed by atoms with Gasteiger partial charge in [-0.3, -0.25) is 10.1 Å². The number of benzene rings is 2. The van der Waals surface area contributed by atoms with E-state index in [9.17, 15) is 14.5 Å². The van der Waals surface area contributed by atoms with Gasteiger partial charge < -0.3 is 9.47 Å². The van der Waals surface area contributed by atoms with E-state index in [4.69, 9.17) is 21.1 Å². The van der Waals surface area contributed by atoms with E-state index >= 15 is 0 Å². The number of hydrogen-bond donors (Lipinski definition) is 0. The van der Waals surface area contributed by atoms with Crippen molar-refractivity contribution in [2.24, 2.45) is 0 Å². The number of halogens is 2. The predicted molar refractivity (Wildman–Crippen MR) is 75.5 cm³/mol. The SMILES string of the molecule is O=[N+]([O-])c1ccc(F)cc1OCCOc1ccccc1Cl. The summed E-state index contributed by atoms with van der Waals surface area (Å²) in [5.74, 6) is -0.262. The molecule has 0 bridgehead atoms. The van der Waals surface area contributed by atoms with Crippen LogP contribution in [-0.2, 0) is 0 Å². The molecular formula is C14H11ClFNO4. The molecule has 0 atom stereocenters. The normalized spacial score (nSPS) is 10.2. The Kier molecular flexibility index (Phi) is 4.94. The molecule has 0 unspecified atom stereocenters. The molecule has 2 aromatic rings. The lowest BCUT2D eigenvalue weighted by atomic mass is 10.3. The lowest BCUT2D eigenvalue weighted by molar-refractivity contribution is -0.385. The third-order valence-electron chi connectivity index (χ3n) is 2.55. The van der Waals surface area contributed by atoms with Crippen molar-refractivity contribution >= 4 is 17.3 Å². The number of nitro groups is 1. The fraction of sp³-hybridized carbons (Fsp3) is 0.143. The second-order valence-electron chi connectivity index (χ2n) is 4.00. The summed E-state index contributed by atoms with van der Waals surface area (Å²) in [6.45, 7) is 0.146. The first kappa shape index (κ1) is 15.1. The van der Waals surface area contributed by atoms with Gasteiger partial charge in [0.2, 0.25) is 0 Å². The topological polar surface area (TPSA) is 61.6 Å². The molecule has 0 fully saturated rings. The first-order chi connectivity index (χ1) is 10.1. The zero-order valence-corrected chi connectivity index (χ0v) is 11.5. The van der Waals surface area contributed by atoms with Crippen LogP contribution in [0.2, 0.25) is 5.02 Å². The van der Waals surface area contributed by atoms with Crippen LogP contribution >= 0.6 is 11.6 Å². The van der Waals surface area contributed by atoms with E-state index in [0.717, 1.165) is 18.2 Å². The van der Waals surface area contributed by atoms with Crippen molar-refractivity contribution in [1.29, 1.82) is 0 Å². The molecule has 0 spiro atoms. The standard InChI is InChI=1S/C14H11ClFNO4/c15-11-3-1-2-4-13(11)20-7-8-21-14-9-10(16)5-6-12(14)17(18)19/h1-6,9H,7-8H2. The molecule has 5 nitrogen and oxygen atoms in total. The average Bonchev–Trinajstić information content (AvgIpc) is 2.45. The molecule has 2 rings (SSSR count). The molecule has 0 aliphatic carbocycles. The Morgan fingerprint density at radius 1 is 1.10 bits per heavy atom. The summed E-state index contributed by atoms with van der Waals surface area (Å²) in [5, 5.41) is 11.2. The van der Waals surface area contributed by atoms with Gasteiger partial charge in [-0.15, -0.1) is 0 Å². The Bertz CT molecular complexity index is 651. The van der Waals surface area contributed by atoms with E-state index in [0.29, 0.717) is 10.8 Å². The lowest BCUT2D eigenvalue weighted by Crippen LogP contribution is -2.10. The fourth-order valence-electron chi connectivity index (χ4n) is 1.62. The summed E-state index contributed by atoms with van der Waals surface area (Å²) in [7, 11) is 0. The largest absolute Gasteiger partial charge is 0.488 e. The van der Waals surface area contributed by atoms with Gasteiger partial charge in [-0.2, -0.15) is 0 Å². The highest BCUT2D eigenvalue weighted by molar-refractivity contribution is 6.32. The molecule has 0 saturated carbocycles. The van der Waals surface area contributed by atoms with Gasteiger partial charge in [0, 0.05) is 12.1 Å². The average molecular weight is 312 g/mol. The maximum Gasteiger partial charge on any atom is 0.311 e. The molecule has 7 heteroatoms. The van der Waals surface area contributed by atoms with Gasteiger partial charge in [0.1, 0.15) is 24.8 Å². The molecule has 0 heterocycles. The van der Waals surface area contributed by atoms with Gasteiger partial charge in [0.05, 0.1) is 9.95 Å². The highest BCUT2D eigenvalue weighted by atomic mass is 35.5. The Labute approximate surface area is 125 Å². The summed E-state index contributed by atoms with van der Waals surface area (Å²) >= 11 is 5.90. The van der Waals surface area contributed by atoms with Crippen LogP contribution in [0.4, 0.5) is 10.1 Å². The first-order valence-electron chi connectivity index (χ1n) is 6.02. The van der Waals surface area contributed by atoms with Crippen molar-refractivity contribution in [3.05, 3.63) is 63.4 Å². The minimum atomic E-state index is -0.635. The number of nitro benzene ring substituents is 1. The molecule has 0 amide bonds. The quantitative estimate of drug-likeness (QED) is 0.462. The predicted octanol–water partition coefficient (Wildman–Crippen LogP) is 3.85. The third kappa shape index (κ3) is 4.06. The zero-order valence-electron chi connectivity index (χ0n) is 10.8. The lowest BCUT2D eigenvalue weighted by Gasteiger charge is -2.09. The molecule has 0 aliphatic heterocycles. The molecule has 2 aromatic carbocycles. The van der Waals surface area contributed by atoms with E-state index in [1.165, 1.54) is 0 Å². The van der Waals surface area contributed by atoms with Crippen LogP contribution in [0.15, 0.2) is 42.5 Å². The summed E-state index contributed by atoms with van der Waals surface area (Å²) in [6.07, 6.45) is 0. The number of nitrogens with zero attached hydrogens (tertiary/aromatic N) is 1. The van der Waals surface area contributed by atoms with Gasteiger partial charge in [-0.25, -0.2) is 4.39 Å². The van der Waals surface area contributed by atoms with E-state index in [-0.39, 0.29) is 24.7 Å². The molecule has 0 radical (unpaired) electrons. The highest BCUT2D eigenvalue weighted by Crippen LogP contribution is 2.27. The Hall–Kier alpha value is -2.34. The maximum atomic E-state index is 13.1. The van der Waals surface area contributed by atoms with Gasteiger partial charge in [-0.1, -0.05) is 23.7 Å². The molecule has 0 aliphatic rings. The molecule has 110 valence electrons. The molecule has 0 N–H and O–H groups in total. The second kappa shape index (κ2) is 6.90. The van der Waals surface area contributed by atoms with Crippen LogP contribution in [0.1, 0.15) is 0 Å². The number of rotatable bonds is 6. The van der Waals surface area contributed by atoms with E-state index in [1.54, 1.807) is 24.3 Å². The molecule has 0 saturated heterocycles. The second-order valence-corrected chi connectivity index (χ2v) is 4.40. The summed E-state index contributed by atoms with van der Waals surface area (Å²) < 4.78 is 23.6. The number of para-hydroxylation sites is 1. The van der Waals surface area contributed by atoms with Gasteiger partial charge in [0.25, 0.3) is 0 Å². The number of hydrogen-bond acceptors (Lipinski definition) is 4. The van der Waals surface area contributed by atoms with Gasteiger partial charge in [-0.05, 0) is 18.2 Å². The van der Waals surface area contributed by atoms with Crippen molar-refractivity contribution in [2.75, 3.05) is 13.2 Å². The van der Waals surface area contributed by atoms with Crippen LogP contribution in [0, 0.1) is 15.9 Å². The van der Waals surface area contributed by atoms with Crippen molar-refractivity contribution in [1.82, 2.24) is 0 Å². The maximum absolute atomic E-state index is 13.1. The Balaban J connectivity index is 1.93.